The van der Waals surface area contributed by atoms with Gasteiger partial charge >= 0.3 is 0 Å². The Hall–Kier alpha value is 0. The van der Waals surface area contributed by atoms with Gasteiger partial charge < -0.3 is 0 Å². The molecule has 0 aromatic heterocycles. The summed E-state index contributed by atoms with van der Waals surface area (Å²) in [7, 11) is 0. The normalized spacial score (nSPS) is 11.8. The molecular weight excluding hydrogens is 336 g/mol. The minimum absolute atomic E-state index is 1.00. The fraction of sp³-hybridized carbons (Fsp3) is 0.964. The maximum atomic E-state index is 2.64. The SMILES string of the molecule is CCCCCC(CC[CH]CCCC(CCCCC)CCCCC)CCCCC. The molecule has 0 spiro atoms. The molecule has 0 unspecified atom stereocenters. The molecule has 0 bridgehead atoms. The highest BCUT2D eigenvalue weighted by atomic mass is 14.2. The standard InChI is InChI=1S/C28H57/c1-5-9-15-21-27(22-16-10-6-2)25-19-13-14-20-26-28(23-17-11-7-3)24-18-12-8-4/h13,27-28H,5-12,14-26H2,1-4H3. The first-order chi connectivity index (χ1) is 13.8. The first-order valence-electron chi connectivity index (χ1n) is 13.6. The van der Waals surface area contributed by atoms with Gasteiger partial charge in [-0.25, -0.2) is 0 Å². The number of hydrogen-bond acceptors (Lipinski definition) is 0. The van der Waals surface area contributed by atoms with E-state index in [1.165, 1.54) is 135 Å². The first kappa shape index (κ1) is 28.0. The molecule has 0 aromatic rings. The molecule has 0 atom stereocenters. The Bertz CT molecular complexity index is 221. The van der Waals surface area contributed by atoms with Gasteiger partial charge in [-0.2, -0.15) is 0 Å². The van der Waals surface area contributed by atoms with Gasteiger partial charge in [-0.3, -0.25) is 0 Å². The van der Waals surface area contributed by atoms with Crippen molar-refractivity contribution >= 4 is 0 Å². The largest absolute Gasteiger partial charge is 0.0654 e. The van der Waals surface area contributed by atoms with Gasteiger partial charge in [-0.15, -0.1) is 0 Å². The van der Waals surface area contributed by atoms with E-state index < -0.39 is 0 Å². The Balaban J connectivity index is 3.91. The van der Waals surface area contributed by atoms with Gasteiger partial charge in [0.1, 0.15) is 0 Å². The van der Waals surface area contributed by atoms with E-state index in [1.54, 1.807) is 0 Å². The van der Waals surface area contributed by atoms with Crippen LogP contribution in [0.3, 0.4) is 0 Å². The molecule has 0 aliphatic rings. The molecular formula is C28H57. The quantitative estimate of drug-likeness (QED) is 0.151. The van der Waals surface area contributed by atoms with Crippen LogP contribution in [0.1, 0.15) is 163 Å². The molecule has 1 radical (unpaired) electrons. The minimum atomic E-state index is 1.00. The topological polar surface area (TPSA) is 0 Å². The van der Waals surface area contributed by atoms with Crippen molar-refractivity contribution in [1.82, 2.24) is 0 Å². The van der Waals surface area contributed by atoms with E-state index in [4.69, 9.17) is 0 Å². The Morgan fingerprint density at radius 2 is 0.750 bits per heavy atom. The highest BCUT2D eigenvalue weighted by Crippen LogP contribution is 2.26. The fourth-order valence-electron chi connectivity index (χ4n) is 4.65. The van der Waals surface area contributed by atoms with Crippen molar-refractivity contribution in [2.75, 3.05) is 0 Å². The molecule has 0 aliphatic heterocycles. The van der Waals surface area contributed by atoms with Crippen LogP contribution in [-0.4, -0.2) is 0 Å². The Morgan fingerprint density at radius 3 is 1.14 bits per heavy atom. The van der Waals surface area contributed by atoms with Crippen molar-refractivity contribution in [3.8, 4) is 0 Å². The molecule has 0 N–H and O–H groups in total. The van der Waals surface area contributed by atoms with Crippen molar-refractivity contribution in [2.45, 2.75) is 163 Å². The summed E-state index contributed by atoms with van der Waals surface area (Å²) in [6, 6.07) is 0. The van der Waals surface area contributed by atoms with E-state index in [-0.39, 0.29) is 0 Å². The number of rotatable bonds is 23. The predicted octanol–water partition coefficient (Wildman–Crippen LogP) is 10.7. The summed E-state index contributed by atoms with van der Waals surface area (Å²) in [5.74, 6) is 2.02. The van der Waals surface area contributed by atoms with Crippen molar-refractivity contribution < 1.29 is 0 Å². The van der Waals surface area contributed by atoms with Crippen LogP contribution in [0.2, 0.25) is 0 Å². The van der Waals surface area contributed by atoms with Gasteiger partial charge in [0.15, 0.2) is 0 Å². The van der Waals surface area contributed by atoms with Crippen molar-refractivity contribution in [1.29, 1.82) is 0 Å². The molecule has 0 rings (SSSR count). The van der Waals surface area contributed by atoms with E-state index in [1.807, 2.05) is 0 Å². The highest BCUT2D eigenvalue weighted by Gasteiger charge is 2.10. The van der Waals surface area contributed by atoms with E-state index in [0.29, 0.717) is 0 Å². The summed E-state index contributed by atoms with van der Waals surface area (Å²) < 4.78 is 0. The molecule has 0 heteroatoms. The van der Waals surface area contributed by atoms with Crippen LogP contribution >= 0.6 is 0 Å². The van der Waals surface area contributed by atoms with Crippen LogP contribution in [-0.2, 0) is 0 Å². The molecule has 0 fully saturated rings. The smallest absolute Gasteiger partial charge is 0.0386 e. The Morgan fingerprint density at radius 1 is 0.393 bits per heavy atom. The predicted molar refractivity (Wildman–Crippen MR) is 131 cm³/mol. The summed E-state index contributed by atoms with van der Waals surface area (Å²) in [6.45, 7) is 9.33. The van der Waals surface area contributed by atoms with Gasteiger partial charge in [0.2, 0.25) is 0 Å². The van der Waals surface area contributed by atoms with E-state index >= 15 is 0 Å². The summed E-state index contributed by atoms with van der Waals surface area (Å²) in [6.07, 6.45) is 32.8. The van der Waals surface area contributed by atoms with E-state index in [0.717, 1.165) is 11.8 Å². The zero-order chi connectivity index (χ0) is 20.7. The lowest BCUT2D eigenvalue weighted by atomic mass is 9.88. The fourth-order valence-corrected chi connectivity index (χ4v) is 4.65. The van der Waals surface area contributed by atoms with Crippen LogP contribution in [0.25, 0.3) is 0 Å². The molecule has 0 aromatic carbocycles. The second kappa shape index (κ2) is 23.3. The van der Waals surface area contributed by atoms with Crippen LogP contribution in [0.15, 0.2) is 0 Å². The molecule has 28 heavy (non-hydrogen) atoms. The van der Waals surface area contributed by atoms with Gasteiger partial charge in [0.25, 0.3) is 0 Å². The summed E-state index contributed by atoms with van der Waals surface area (Å²) in [5, 5.41) is 0. The molecule has 0 saturated heterocycles. The Labute approximate surface area is 181 Å². The molecule has 169 valence electrons. The van der Waals surface area contributed by atoms with Crippen LogP contribution in [0, 0.1) is 18.3 Å². The summed E-state index contributed by atoms with van der Waals surface area (Å²) >= 11 is 0. The highest BCUT2D eigenvalue weighted by molar-refractivity contribution is 4.71. The van der Waals surface area contributed by atoms with Crippen LogP contribution < -0.4 is 0 Å². The van der Waals surface area contributed by atoms with Crippen LogP contribution in [0.4, 0.5) is 0 Å². The molecule has 0 aliphatic carbocycles. The second-order valence-electron chi connectivity index (χ2n) is 9.51. The molecule has 0 nitrogen and oxygen atoms in total. The third kappa shape index (κ3) is 19.3. The zero-order valence-electron chi connectivity index (χ0n) is 20.6. The van der Waals surface area contributed by atoms with Crippen LogP contribution in [0.5, 0.6) is 0 Å². The van der Waals surface area contributed by atoms with Crippen molar-refractivity contribution in [3.05, 3.63) is 6.42 Å². The van der Waals surface area contributed by atoms with Gasteiger partial charge in [0.05, 0.1) is 0 Å². The van der Waals surface area contributed by atoms with E-state index in [9.17, 15) is 0 Å². The monoisotopic (exact) mass is 393 g/mol. The first-order valence-corrected chi connectivity index (χ1v) is 13.6. The van der Waals surface area contributed by atoms with Crippen molar-refractivity contribution in [3.63, 3.8) is 0 Å². The number of hydrogen-bond donors (Lipinski definition) is 0. The lowest BCUT2D eigenvalue weighted by Gasteiger charge is -2.18. The van der Waals surface area contributed by atoms with Gasteiger partial charge in [0, 0.05) is 0 Å². The molecule has 0 heterocycles. The lowest BCUT2D eigenvalue weighted by molar-refractivity contribution is 0.370. The summed E-state index contributed by atoms with van der Waals surface area (Å²) in [4.78, 5) is 0. The summed E-state index contributed by atoms with van der Waals surface area (Å²) in [5.41, 5.74) is 0. The van der Waals surface area contributed by atoms with Gasteiger partial charge in [-0.05, 0) is 24.7 Å². The zero-order valence-corrected chi connectivity index (χ0v) is 20.6. The molecule has 0 saturated carbocycles. The average molecular weight is 394 g/mol. The third-order valence-electron chi connectivity index (χ3n) is 6.66. The maximum Gasteiger partial charge on any atom is -0.0386 e. The minimum Gasteiger partial charge on any atom is -0.0654 e. The van der Waals surface area contributed by atoms with Crippen molar-refractivity contribution in [2.24, 2.45) is 11.8 Å². The second-order valence-corrected chi connectivity index (χ2v) is 9.51. The van der Waals surface area contributed by atoms with E-state index in [2.05, 4.69) is 34.1 Å². The maximum absolute atomic E-state index is 2.64. The lowest BCUT2D eigenvalue weighted by Crippen LogP contribution is -2.03. The molecule has 0 amide bonds. The third-order valence-corrected chi connectivity index (χ3v) is 6.66. The number of unbranched alkanes of at least 4 members (excludes halogenated alkanes) is 11. The Kier molecular flexibility index (Phi) is 23.3. The average Bonchev–Trinajstić information content (AvgIpc) is 2.70. The van der Waals surface area contributed by atoms with Gasteiger partial charge in [-0.1, -0.05) is 156 Å².